The molecule has 0 aliphatic heterocycles. The second-order valence-corrected chi connectivity index (χ2v) is 5.36. The molecular weight excluding hydrogens is 206 g/mol. The van der Waals surface area contributed by atoms with Crippen LogP contribution < -0.4 is 5.73 Å². The summed E-state index contributed by atoms with van der Waals surface area (Å²) in [5, 5.41) is 0.815. The Morgan fingerprint density at radius 3 is 2.73 bits per heavy atom. The van der Waals surface area contributed by atoms with Crippen molar-refractivity contribution in [3.05, 3.63) is 34.9 Å². The Hall–Kier alpha value is -0.530. The van der Waals surface area contributed by atoms with Gasteiger partial charge >= 0.3 is 0 Å². The predicted molar refractivity (Wildman–Crippen MR) is 65.1 cm³/mol. The molecule has 0 amide bonds. The molecule has 82 valence electrons. The van der Waals surface area contributed by atoms with Gasteiger partial charge in [0.2, 0.25) is 0 Å². The lowest BCUT2D eigenvalue weighted by molar-refractivity contribution is 0.484. The maximum absolute atomic E-state index is 6.02. The minimum absolute atomic E-state index is 0.207. The molecule has 0 spiro atoms. The Bertz CT molecular complexity index is 361. The average molecular weight is 224 g/mol. The van der Waals surface area contributed by atoms with Crippen molar-refractivity contribution in [2.45, 2.75) is 25.7 Å². The summed E-state index contributed by atoms with van der Waals surface area (Å²) in [6, 6.07) is 8.16. The van der Waals surface area contributed by atoms with Gasteiger partial charge in [-0.1, -0.05) is 37.6 Å². The molecule has 1 aliphatic rings. The highest BCUT2D eigenvalue weighted by molar-refractivity contribution is 6.30. The summed E-state index contributed by atoms with van der Waals surface area (Å²) in [5.74, 6) is 1.42. The highest BCUT2D eigenvalue weighted by atomic mass is 35.5. The van der Waals surface area contributed by atoms with Crippen LogP contribution in [0.25, 0.3) is 0 Å². The molecular formula is C13H18ClN. The monoisotopic (exact) mass is 223 g/mol. The highest BCUT2D eigenvalue weighted by Crippen LogP contribution is 2.57. The van der Waals surface area contributed by atoms with Gasteiger partial charge in [-0.3, -0.25) is 0 Å². The van der Waals surface area contributed by atoms with Crippen molar-refractivity contribution in [2.24, 2.45) is 17.6 Å². The quantitative estimate of drug-likeness (QED) is 0.837. The van der Waals surface area contributed by atoms with E-state index >= 15 is 0 Å². The van der Waals surface area contributed by atoms with Crippen LogP contribution in [0.3, 0.4) is 0 Å². The van der Waals surface area contributed by atoms with Crippen LogP contribution in [0.5, 0.6) is 0 Å². The Morgan fingerprint density at radius 1 is 1.53 bits per heavy atom. The van der Waals surface area contributed by atoms with Gasteiger partial charge in [0.1, 0.15) is 0 Å². The van der Waals surface area contributed by atoms with E-state index in [1.54, 1.807) is 0 Å². The van der Waals surface area contributed by atoms with Gasteiger partial charge in [-0.25, -0.2) is 0 Å². The Morgan fingerprint density at radius 2 is 2.27 bits per heavy atom. The normalized spacial score (nSPS) is 29.5. The molecule has 2 heteroatoms. The standard InChI is InChI=1S/C13H18ClN/c1-9(2)12-7-13(12,8-15)10-4-3-5-11(14)6-10/h3-6,9,12H,7-8,15H2,1-2H3. The van der Waals surface area contributed by atoms with Crippen molar-refractivity contribution in [1.82, 2.24) is 0 Å². The van der Waals surface area contributed by atoms with Crippen LogP contribution in [0.2, 0.25) is 5.02 Å². The summed E-state index contributed by atoms with van der Waals surface area (Å²) in [6.45, 7) is 5.27. The fraction of sp³-hybridized carbons (Fsp3) is 0.538. The van der Waals surface area contributed by atoms with Gasteiger partial charge in [0.05, 0.1) is 0 Å². The summed E-state index contributed by atoms with van der Waals surface area (Å²) in [4.78, 5) is 0. The van der Waals surface area contributed by atoms with Gasteiger partial charge in [0.15, 0.2) is 0 Å². The van der Waals surface area contributed by atoms with E-state index in [4.69, 9.17) is 17.3 Å². The lowest BCUT2D eigenvalue weighted by Gasteiger charge is -2.17. The summed E-state index contributed by atoms with van der Waals surface area (Å²) in [6.07, 6.45) is 1.21. The predicted octanol–water partition coefficient (Wildman–Crippen LogP) is 3.21. The zero-order valence-electron chi connectivity index (χ0n) is 9.33. The third-order valence-corrected chi connectivity index (χ3v) is 3.94. The molecule has 0 heterocycles. The van der Waals surface area contributed by atoms with Gasteiger partial charge in [0.25, 0.3) is 0 Å². The largest absolute Gasteiger partial charge is 0.330 e. The summed E-state index contributed by atoms with van der Waals surface area (Å²) >= 11 is 6.02. The van der Waals surface area contributed by atoms with Gasteiger partial charge in [-0.2, -0.15) is 0 Å². The lowest BCUT2D eigenvalue weighted by Crippen LogP contribution is -2.23. The maximum Gasteiger partial charge on any atom is 0.0408 e. The number of hydrogen-bond donors (Lipinski definition) is 1. The van der Waals surface area contributed by atoms with Gasteiger partial charge < -0.3 is 5.73 Å². The van der Waals surface area contributed by atoms with E-state index < -0.39 is 0 Å². The number of hydrogen-bond acceptors (Lipinski definition) is 1. The molecule has 0 saturated heterocycles. The highest BCUT2D eigenvalue weighted by Gasteiger charge is 2.55. The van der Waals surface area contributed by atoms with E-state index in [1.165, 1.54) is 12.0 Å². The Labute approximate surface area is 96.6 Å². The number of rotatable bonds is 3. The molecule has 1 fully saturated rings. The van der Waals surface area contributed by atoms with E-state index in [2.05, 4.69) is 26.0 Å². The van der Waals surface area contributed by atoms with E-state index in [9.17, 15) is 0 Å². The minimum Gasteiger partial charge on any atom is -0.330 e. The van der Waals surface area contributed by atoms with Crippen LogP contribution in [0.4, 0.5) is 0 Å². The molecule has 15 heavy (non-hydrogen) atoms. The summed E-state index contributed by atoms with van der Waals surface area (Å²) in [7, 11) is 0. The van der Waals surface area contributed by atoms with Crippen LogP contribution in [0, 0.1) is 11.8 Å². The molecule has 2 unspecified atom stereocenters. The lowest BCUT2D eigenvalue weighted by atomic mass is 9.89. The number of nitrogens with two attached hydrogens (primary N) is 1. The van der Waals surface area contributed by atoms with Crippen molar-refractivity contribution in [1.29, 1.82) is 0 Å². The Kier molecular flexibility index (Phi) is 2.78. The third-order valence-electron chi connectivity index (χ3n) is 3.70. The topological polar surface area (TPSA) is 26.0 Å². The third kappa shape index (κ3) is 1.79. The zero-order chi connectivity index (χ0) is 11.1. The molecule has 0 radical (unpaired) electrons. The molecule has 2 rings (SSSR count). The SMILES string of the molecule is CC(C)C1CC1(CN)c1cccc(Cl)c1. The second-order valence-electron chi connectivity index (χ2n) is 4.93. The fourth-order valence-corrected chi connectivity index (χ4v) is 2.88. The first-order valence-corrected chi connectivity index (χ1v) is 5.94. The molecule has 0 aromatic heterocycles. The van der Waals surface area contributed by atoms with Gasteiger partial charge in [-0.15, -0.1) is 0 Å². The molecule has 2 N–H and O–H groups in total. The van der Waals surface area contributed by atoms with Crippen LogP contribution in [0.15, 0.2) is 24.3 Å². The average Bonchev–Trinajstić information content (AvgIpc) is 2.93. The molecule has 1 saturated carbocycles. The first kappa shape index (κ1) is 11.0. The smallest absolute Gasteiger partial charge is 0.0408 e. The van der Waals surface area contributed by atoms with Crippen molar-refractivity contribution < 1.29 is 0 Å². The van der Waals surface area contributed by atoms with Crippen LogP contribution in [0.1, 0.15) is 25.8 Å². The van der Waals surface area contributed by atoms with Crippen molar-refractivity contribution in [2.75, 3.05) is 6.54 Å². The van der Waals surface area contributed by atoms with E-state index in [0.29, 0.717) is 5.92 Å². The van der Waals surface area contributed by atoms with Crippen LogP contribution in [-0.4, -0.2) is 6.54 Å². The molecule has 1 nitrogen and oxygen atoms in total. The van der Waals surface area contributed by atoms with E-state index in [-0.39, 0.29) is 5.41 Å². The maximum atomic E-state index is 6.02. The first-order valence-electron chi connectivity index (χ1n) is 5.56. The minimum atomic E-state index is 0.207. The fourth-order valence-electron chi connectivity index (χ4n) is 2.69. The number of benzene rings is 1. The van der Waals surface area contributed by atoms with Crippen LogP contribution >= 0.6 is 11.6 Å². The first-order chi connectivity index (χ1) is 7.10. The second kappa shape index (κ2) is 3.80. The Balaban J connectivity index is 2.30. The molecule has 1 aromatic carbocycles. The van der Waals surface area contributed by atoms with Gasteiger partial charge in [0, 0.05) is 17.0 Å². The van der Waals surface area contributed by atoms with Crippen molar-refractivity contribution in [3.8, 4) is 0 Å². The summed E-state index contributed by atoms with van der Waals surface area (Å²) in [5.41, 5.74) is 7.46. The zero-order valence-corrected chi connectivity index (χ0v) is 10.1. The van der Waals surface area contributed by atoms with Crippen molar-refractivity contribution in [3.63, 3.8) is 0 Å². The summed E-state index contributed by atoms with van der Waals surface area (Å²) < 4.78 is 0. The van der Waals surface area contributed by atoms with E-state index in [1.807, 2.05) is 12.1 Å². The van der Waals surface area contributed by atoms with Crippen LogP contribution in [-0.2, 0) is 5.41 Å². The number of halogens is 1. The molecule has 1 aliphatic carbocycles. The van der Waals surface area contributed by atoms with E-state index in [0.717, 1.165) is 17.5 Å². The molecule has 1 aromatic rings. The molecule has 0 bridgehead atoms. The van der Waals surface area contributed by atoms with Crippen molar-refractivity contribution >= 4 is 11.6 Å². The molecule has 2 atom stereocenters. The van der Waals surface area contributed by atoms with Gasteiger partial charge in [-0.05, 0) is 36.0 Å².